The second kappa shape index (κ2) is 7.64. The lowest BCUT2D eigenvalue weighted by Crippen LogP contribution is -2.22. The van der Waals surface area contributed by atoms with Gasteiger partial charge in [0.05, 0.1) is 24.3 Å². The van der Waals surface area contributed by atoms with E-state index in [9.17, 15) is 5.11 Å². The Morgan fingerprint density at radius 3 is 2.86 bits per heavy atom. The molecule has 2 aliphatic rings. The molecular weight excluding hydrogens is 302 g/mol. The molecular formula is C17H24ClNO3. The van der Waals surface area contributed by atoms with E-state index >= 15 is 0 Å². The molecule has 0 saturated carbocycles. The van der Waals surface area contributed by atoms with Crippen molar-refractivity contribution in [3.8, 4) is 5.75 Å². The maximum atomic E-state index is 10.3. The number of benzene rings is 1. The molecule has 2 aliphatic heterocycles. The zero-order chi connectivity index (χ0) is 15.4. The molecule has 122 valence electrons. The zero-order valence-electron chi connectivity index (χ0n) is 12.8. The van der Waals surface area contributed by atoms with Crippen LogP contribution in [0.15, 0.2) is 18.2 Å². The molecule has 0 spiro atoms. The quantitative estimate of drug-likeness (QED) is 0.873. The third kappa shape index (κ3) is 4.13. The predicted octanol–water partition coefficient (Wildman–Crippen LogP) is 3.03. The number of aliphatic hydroxyl groups excluding tert-OH is 1. The Labute approximate surface area is 137 Å². The van der Waals surface area contributed by atoms with Crippen LogP contribution in [0.4, 0.5) is 0 Å². The third-order valence-corrected chi connectivity index (χ3v) is 4.74. The first-order valence-electron chi connectivity index (χ1n) is 8.16. The van der Waals surface area contributed by atoms with Gasteiger partial charge in [-0.05, 0) is 50.0 Å². The van der Waals surface area contributed by atoms with Crippen LogP contribution in [0.25, 0.3) is 0 Å². The van der Waals surface area contributed by atoms with Gasteiger partial charge in [-0.15, -0.1) is 0 Å². The fraction of sp³-hybridized carbons (Fsp3) is 0.647. The molecule has 0 radical (unpaired) electrons. The van der Waals surface area contributed by atoms with Crippen molar-refractivity contribution in [2.75, 3.05) is 32.8 Å². The van der Waals surface area contributed by atoms with Crippen molar-refractivity contribution in [1.29, 1.82) is 0 Å². The van der Waals surface area contributed by atoms with Crippen molar-refractivity contribution in [3.63, 3.8) is 0 Å². The van der Waals surface area contributed by atoms with E-state index in [0.29, 0.717) is 17.4 Å². The fourth-order valence-electron chi connectivity index (χ4n) is 3.08. The van der Waals surface area contributed by atoms with Crippen LogP contribution in [-0.2, 0) is 4.74 Å². The molecule has 0 aromatic heterocycles. The second-order valence-corrected chi connectivity index (χ2v) is 6.55. The van der Waals surface area contributed by atoms with Gasteiger partial charge >= 0.3 is 0 Å². The second-order valence-electron chi connectivity index (χ2n) is 6.15. The fourth-order valence-corrected chi connectivity index (χ4v) is 3.32. The summed E-state index contributed by atoms with van der Waals surface area (Å²) in [4.78, 5) is 2.41. The molecule has 1 aromatic carbocycles. The van der Waals surface area contributed by atoms with E-state index in [-0.39, 0.29) is 6.10 Å². The van der Waals surface area contributed by atoms with Gasteiger partial charge in [-0.3, -0.25) is 0 Å². The number of likely N-dealkylation sites (tertiary alicyclic amines) is 1. The largest absolute Gasteiger partial charge is 0.486 e. The van der Waals surface area contributed by atoms with E-state index in [2.05, 4.69) is 4.90 Å². The van der Waals surface area contributed by atoms with Gasteiger partial charge in [0.25, 0.3) is 0 Å². The first-order chi connectivity index (χ1) is 10.7. The molecule has 1 N–H and O–H groups in total. The van der Waals surface area contributed by atoms with Gasteiger partial charge in [0, 0.05) is 13.0 Å². The Bertz CT molecular complexity index is 485. The predicted molar refractivity (Wildman–Crippen MR) is 86.6 cm³/mol. The van der Waals surface area contributed by atoms with Crippen molar-refractivity contribution < 1.29 is 14.6 Å². The van der Waals surface area contributed by atoms with Gasteiger partial charge in [0.1, 0.15) is 11.9 Å². The molecule has 2 saturated heterocycles. The lowest BCUT2D eigenvalue weighted by Gasteiger charge is -2.19. The number of ether oxygens (including phenoxy) is 2. The van der Waals surface area contributed by atoms with Gasteiger partial charge in [-0.25, -0.2) is 0 Å². The first kappa shape index (κ1) is 16.1. The monoisotopic (exact) mass is 325 g/mol. The van der Waals surface area contributed by atoms with Crippen LogP contribution in [0.2, 0.25) is 5.02 Å². The van der Waals surface area contributed by atoms with E-state index in [1.807, 2.05) is 18.2 Å². The number of rotatable bonds is 6. The lowest BCUT2D eigenvalue weighted by atomic mass is 10.1. The van der Waals surface area contributed by atoms with Crippen LogP contribution in [0.5, 0.6) is 5.75 Å². The van der Waals surface area contributed by atoms with Crippen LogP contribution < -0.4 is 4.74 Å². The molecule has 1 aromatic rings. The van der Waals surface area contributed by atoms with E-state index in [1.165, 1.54) is 12.8 Å². The highest BCUT2D eigenvalue weighted by Crippen LogP contribution is 2.30. The number of nitrogens with zero attached hydrogens (tertiary/aromatic N) is 1. The van der Waals surface area contributed by atoms with Crippen LogP contribution in [0, 0.1) is 0 Å². The van der Waals surface area contributed by atoms with Gasteiger partial charge in [0.2, 0.25) is 0 Å². The van der Waals surface area contributed by atoms with Crippen molar-refractivity contribution >= 4 is 11.6 Å². The summed E-state index contributed by atoms with van der Waals surface area (Å²) in [5, 5.41) is 10.9. The zero-order valence-corrected chi connectivity index (χ0v) is 13.6. The summed E-state index contributed by atoms with van der Waals surface area (Å²) < 4.78 is 11.1. The van der Waals surface area contributed by atoms with Crippen LogP contribution in [0.3, 0.4) is 0 Å². The van der Waals surface area contributed by atoms with E-state index in [0.717, 1.165) is 44.6 Å². The molecule has 5 heteroatoms. The smallest absolute Gasteiger partial charge is 0.138 e. The number of hydrogen-bond donors (Lipinski definition) is 1. The summed E-state index contributed by atoms with van der Waals surface area (Å²) >= 11 is 6.29. The molecule has 3 rings (SSSR count). The van der Waals surface area contributed by atoms with E-state index in [4.69, 9.17) is 21.1 Å². The third-order valence-electron chi connectivity index (χ3n) is 4.44. The minimum atomic E-state index is -0.470. The average molecular weight is 326 g/mol. The Hall–Kier alpha value is -0.810. The Kier molecular flexibility index (Phi) is 5.58. The minimum absolute atomic E-state index is 0.0865. The normalized spacial score (nSPS) is 23.8. The lowest BCUT2D eigenvalue weighted by molar-refractivity contribution is 0.140. The summed E-state index contributed by atoms with van der Waals surface area (Å²) in [7, 11) is 0. The molecule has 2 atom stereocenters. The van der Waals surface area contributed by atoms with Gasteiger partial charge in [-0.2, -0.15) is 0 Å². The average Bonchev–Trinajstić information content (AvgIpc) is 3.20. The number of halogens is 1. The summed E-state index contributed by atoms with van der Waals surface area (Å²) in [5.74, 6) is 0.674. The highest BCUT2D eigenvalue weighted by atomic mass is 35.5. The number of aliphatic hydroxyl groups is 1. The van der Waals surface area contributed by atoms with E-state index in [1.54, 1.807) is 0 Å². The Morgan fingerprint density at radius 2 is 2.18 bits per heavy atom. The molecule has 22 heavy (non-hydrogen) atoms. The van der Waals surface area contributed by atoms with Crippen molar-refractivity contribution in [1.82, 2.24) is 4.90 Å². The summed E-state index contributed by atoms with van der Waals surface area (Å²) in [5.41, 5.74) is 0.860. The Balaban J connectivity index is 1.55. The molecule has 0 aliphatic carbocycles. The molecule has 0 bridgehead atoms. The minimum Gasteiger partial charge on any atom is -0.486 e. The maximum Gasteiger partial charge on any atom is 0.138 e. The molecule has 2 fully saturated rings. The molecule has 4 nitrogen and oxygen atoms in total. The van der Waals surface area contributed by atoms with Crippen molar-refractivity contribution in [2.24, 2.45) is 0 Å². The maximum absolute atomic E-state index is 10.3. The van der Waals surface area contributed by atoms with Crippen LogP contribution >= 0.6 is 11.6 Å². The van der Waals surface area contributed by atoms with Crippen LogP contribution in [-0.4, -0.2) is 49.0 Å². The number of hydrogen-bond acceptors (Lipinski definition) is 4. The van der Waals surface area contributed by atoms with Gasteiger partial charge in [-0.1, -0.05) is 17.7 Å². The van der Waals surface area contributed by atoms with Gasteiger partial charge in [0.15, 0.2) is 0 Å². The summed E-state index contributed by atoms with van der Waals surface area (Å²) in [6.07, 6.45) is 3.81. The highest BCUT2D eigenvalue weighted by molar-refractivity contribution is 6.32. The molecule has 0 amide bonds. The van der Waals surface area contributed by atoms with E-state index < -0.39 is 6.10 Å². The first-order valence-corrected chi connectivity index (χ1v) is 8.54. The topological polar surface area (TPSA) is 41.9 Å². The summed E-state index contributed by atoms with van der Waals surface area (Å²) in [6.45, 7) is 4.62. The molecule has 2 unspecified atom stereocenters. The highest BCUT2D eigenvalue weighted by Gasteiger charge is 2.19. The van der Waals surface area contributed by atoms with Crippen molar-refractivity contribution in [2.45, 2.75) is 37.9 Å². The Morgan fingerprint density at radius 1 is 1.36 bits per heavy atom. The van der Waals surface area contributed by atoms with Gasteiger partial charge < -0.3 is 19.5 Å². The standard InChI is InChI=1S/C17H24ClNO3/c18-15-11-13(16(20)5-9-19-7-1-2-8-19)3-4-17(15)22-14-6-10-21-12-14/h3-4,11,14,16,20H,1-2,5-10,12H2. The van der Waals surface area contributed by atoms with Crippen LogP contribution in [0.1, 0.15) is 37.4 Å². The molecule has 2 heterocycles. The van der Waals surface area contributed by atoms with Crippen molar-refractivity contribution in [3.05, 3.63) is 28.8 Å². The SMILES string of the molecule is OC(CCN1CCCC1)c1ccc(OC2CCOC2)c(Cl)c1. The summed E-state index contributed by atoms with van der Waals surface area (Å²) in [6, 6.07) is 5.59.